The smallest absolute Gasteiger partial charge is 0.230 e. The summed E-state index contributed by atoms with van der Waals surface area (Å²) in [5.41, 5.74) is 1.19. The zero-order valence-corrected chi connectivity index (χ0v) is 12.4. The second-order valence-electron chi connectivity index (χ2n) is 6.47. The number of hydrogen-bond donors (Lipinski definition) is 1. The minimum absolute atomic E-state index is 0.0480. The van der Waals surface area contributed by atoms with Gasteiger partial charge in [0.1, 0.15) is 0 Å². The van der Waals surface area contributed by atoms with Gasteiger partial charge in [-0.25, -0.2) is 0 Å². The first-order chi connectivity index (χ1) is 10.2. The average molecular weight is 285 g/mol. The third kappa shape index (κ3) is 3.34. The topological polar surface area (TPSA) is 46.2 Å². The van der Waals surface area contributed by atoms with Crippen LogP contribution in [0.25, 0.3) is 0 Å². The van der Waals surface area contributed by atoms with Gasteiger partial charge in [-0.3, -0.25) is 14.9 Å². The van der Waals surface area contributed by atoms with Gasteiger partial charge in [-0.05, 0) is 23.8 Å². The Balaban J connectivity index is 1.78. The quantitative estimate of drug-likeness (QED) is 0.867. The lowest BCUT2D eigenvalue weighted by Crippen LogP contribution is -2.49. The second kappa shape index (κ2) is 6.42. The Hall–Kier alpha value is -1.64. The lowest BCUT2D eigenvalue weighted by molar-refractivity contribution is -0.140. The number of imide groups is 1. The monoisotopic (exact) mass is 285 g/mol. The highest BCUT2D eigenvalue weighted by Gasteiger charge is 2.40. The molecule has 1 saturated carbocycles. The Kier molecular flexibility index (Phi) is 4.37. The van der Waals surface area contributed by atoms with Crippen LogP contribution in [0.5, 0.6) is 0 Å². The highest BCUT2D eigenvalue weighted by Crippen LogP contribution is 2.38. The maximum atomic E-state index is 12.3. The molecule has 1 aromatic carbocycles. The summed E-state index contributed by atoms with van der Waals surface area (Å²) in [6.07, 6.45) is 7.42. The molecule has 0 radical (unpaired) electrons. The number of hydrogen-bond acceptors (Lipinski definition) is 2. The molecule has 0 bridgehead atoms. The van der Waals surface area contributed by atoms with Crippen molar-refractivity contribution in [2.75, 3.05) is 0 Å². The molecule has 0 spiro atoms. The summed E-state index contributed by atoms with van der Waals surface area (Å²) in [7, 11) is 0. The Bertz CT molecular complexity index is 505. The van der Waals surface area contributed by atoms with Gasteiger partial charge < -0.3 is 0 Å². The van der Waals surface area contributed by atoms with E-state index in [0.717, 1.165) is 6.42 Å². The predicted octanol–water partition coefficient (Wildman–Crippen LogP) is 3.09. The Morgan fingerprint density at radius 2 is 1.71 bits per heavy atom. The van der Waals surface area contributed by atoms with E-state index in [-0.39, 0.29) is 23.7 Å². The van der Waals surface area contributed by atoms with Crippen molar-refractivity contribution in [3.63, 3.8) is 0 Å². The molecule has 1 N–H and O–H groups in total. The Morgan fingerprint density at radius 3 is 2.43 bits per heavy atom. The summed E-state index contributed by atoms with van der Waals surface area (Å²) in [6, 6.07) is 10.2. The number of carbonyl (C=O) groups excluding carboxylic acids is 2. The van der Waals surface area contributed by atoms with Crippen molar-refractivity contribution >= 4 is 11.8 Å². The number of nitrogens with one attached hydrogen (secondary N) is 1. The number of carbonyl (C=O) groups is 2. The fraction of sp³-hybridized carbons (Fsp3) is 0.556. The molecular formula is C18H23NO2. The molecule has 0 aromatic heterocycles. The third-order valence-electron chi connectivity index (χ3n) is 5.09. The molecule has 2 fully saturated rings. The lowest BCUT2D eigenvalue weighted by atomic mass is 9.69. The largest absolute Gasteiger partial charge is 0.296 e. The van der Waals surface area contributed by atoms with Crippen LogP contribution in [-0.4, -0.2) is 11.8 Å². The van der Waals surface area contributed by atoms with Crippen LogP contribution in [0.15, 0.2) is 30.3 Å². The van der Waals surface area contributed by atoms with Crippen LogP contribution in [0.1, 0.15) is 44.1 Å². The standard InChI is InChI=1S/C18H23NO2/c20-17-12-15(14-9-5-2-6-10-14)16(18(21)19-17)11-13-7-3-1-4-8-13/h1,3-4,7-8,14-16H,2,5-6,9-12H2,(H,19,20,21). The van der Waals surface area contributed by atoms with Crippen LogP contribution < -0.4 is 5.32 Å². The first-order valence-electron chi connectivity index (χ1n) is 8.11. The molecule has 1 aromatic rings. The van der Waals surface area contributed by atoms with E-state index in [2.05, 4.69) is 17.4 Å². The molecule has 1 saturated heterocycles. The van der Waals surface area contributed by atoms with Gasteiger partial charge in [0.15, 0.2) is 0 Å². The van der Waals surface area contributed by atoms with Crippen LogP contribution in [0.3, 0.4) is 0 Å². The molecule has 3 rings (SSSR count). The van der Waals surface area contributed by atoms with Crippen LogP contribution in [0.4, 0.5) is 0 Å². The fourth-order valence-corrected chi connectivity index (χ4v) is 4.00. The van der Waals surface area contributed by atoms with Crippen molar-refractivity contribution in [3.05, 3.63) is 35.9 Å². The van der Waals surface area contributed by atoms with E-state index in [4.69, 9.17) is 0 Å². The van der Waals surface area contributed by atoms with Gasteiger partial charge in [-0.1, -0.05) is 62.4 Å². The zero-order chi connectivity index (χ0) is 14.7. The lowest BCUT2D eigenvalue weighted by Gasteiger charge is -2.37. The van der Waals surface area contributed by atoms with Crippen LogP contribution in [0.2, 0.25) is 0 Å². The SMILES string of the molecule is O=C1CC(C2CCCCC2)C(Cc2ccccc2)C(=O)N1. The third-order valence-corrected chi connectivity index (χ3v) is 5.09. The number of rotatable bonds is 3. The first-order valence-corrected chi connectivity index (χ1v) is 8.11. The van der Waals surface area contributed by atoms with E-state index >= 15 is 0 Å². The van der Waals surface area contributed by atoms with Gasteiger partial charge in [-0.15, -0.1) is 0 Å². The van der Waals surface area contributed by atoms with E-state index in [1.807, 2.05) is 18.2 Å². The minimum atomic E-state index is -0.0834. The molecule has 1 heterocycles. The van der Waals surface area contributed by atoms with Gasteiger partial charge in [0.05, 0.1) is 0 Å². The normalized spacial score (nSPS) is 27.4. The van der Waals surface area contributed by atoms with Gasteiger partial charge in [-0.2, -0.15) is 0 Å². The van der Waals surface area contributed by atoms with Crippen molar-refractivity contribution in [2.45, 2.75) is 44.9 Å². The summed E-state index contributed by atoms with van der Waals surface area (Å²) in [5, 5.41) is 2.54. The van der Waals surface area contributed by atoms with E-state index in [1.54, 1.807) is 0 Å². The van der Waals surface area contributed by atoms with Gasteiger partial charge in [0, 0.05) is 12.3 Å². The maximum absolute atomic E-state index is 12.3. The summed E-state index contributed by atoms with van der Waals surface area (Å²) >= 11 is 0. The highest BCUT2D eigenvalue weighted by molar-refractivity contribution is 5.99. The van der Waals surface area contributed by atoms with Crippen molar-refractivity contribution < 1.29 is 9.59 Å². The number of benzene rings is 1. The summed E-state index contributed by atoms with van der Waals surface area (Å²) in [5.74, 6) is 0.577. The number of piperidine rings is 1. The highest BCUT2D eigenvalue weighted by atomic mass is 16.2. The van der Waals surface area contributed by atoms with Crippen molar-refractivity contribution in [2.24, 2.45) is 17.8 Å². The van der Waals surface area contributed by atoms with Gasteiger partial charge in [0.25, 0.3) is 0 Å². The maximum Gasteiger partial charge on any atom is 0.230 e. The van der Waals surface area contributed by atoms with Crippen LogP contribution in [0, 0.1) is 17.8 Å². The van der Waals surface area contributed by atoms with Gasteiger partial charge in [0.2, 0.25) is 11.8 Å². The minimum Gasteiger partial charge on any atom is -0.296 e. The molecule has 2 amide bonds. The fourth-order valence-electron chi connectivity index (χ4n) is 4.00. The molecule has 2 unspecified atom stereocenters. The molecular weight excluding hydrogens is 262 g/mol. The zero-order valence-electron chi connectivity index (χ0n) is 12.4. The number of amides is 2. The molecule has 3 nitrogen and oxygen atoms in total. The summed E-state index contributed by atoms with van der Waals surface area (Å²) < 4.78 is 0. The van der Waals surface area contributed by atoms with Crippen molar-refractivity contribution in [1.29, 1.82) is 0 Å². The van der Waals surface area contributed by atoms with E-state index in [1.165, 1.54) is 37.7 Å². The van der Waals surface area contributed by atoms with Crippen molar-refractivity contribution in [3.8, 4) is 0 Å². The summed E-state index contributed by atoms with van der Waals surface area (Å²) in [6.45, 7) is 0. The van der Waals surface area contributed by atoms with Crippen LogP contribution >= 0.6 is 0 Å². The molecule has 21 heavy (non-hydrogen) atoms. The second-order valence-corrected chi connectivity index (χ2v) is 6.47. The molecule has 1 aliphatic heterocycles. The van der Waals surface area contributed by atoms with Gasteiger partial charge >= 0.3 is 0 Å². The Morgan fingerprint density at radius 1 is 1.00 bits per heavy atom. The predicted molar refractivity (Wildman–Crippen MR) is 81.5 cm³/mol. The molecule has 2 aliphatic rings. The van der Waals surface area contributed by atoms with E-state index < -0.39 is 0 Å². The van der Waals surface area contributed by atoms with Crippen molar-refractivity contribution in [1.82, 2.24) is 5.32 Å². The molecule has 3 heteroatoms. The van der Waals surface area contributed by atoms with Crippen LogP contribution in [-0.2, 0) is 16.0 Å². The summed E-state index contributed by atoms with van der Waals surface area (Å²) in [4.78, 5) is 24.1. The molecule has 1 aliphatic carbocycles. The Labute approximate surface area is 126 Å². The average Bonchev–Trinajstić information content (AvgIpc) is 2.51. The first kappa shape index (κ1) is 14.3. The van der Waals surface area contributed by atoms with E-state index in [0.29, 0.717) is 12.3 Å². The molecule has 2 atom stereocenters. The molecule has 112 valence electrons. The van der Waals surface area contributed by atoms with E-state index in [9.17, 15) is 9.59 Å².